The molecule has 0 saturated heterocycles. The molecule has 1 nitrogen and oxygen atoms in total. The first-order valence-electron chi connectivity index (χ1n) is 8.66. The summed E-state index contributed by atoms with van der Waals surface area (Å²) in [4.78, 5) is 0. The first-order chi connectivity index (χ1) is 9.59. The van der Waals surface area contributed by atoms with Crippen LogP contribution in [0.15, 0.2) is 23.3 Å². The van der Waals surface area contributed by atoms with Gasteiger partial charge in [-0.15, -0.1) is 0 Å². The summed E-state index contributed by atoms with van der Waals surface area (Å²) in [6.07, 6.45) is 11.2. The molecule has 0 amide bonds. The van der Waals surface area contributed by atoms with Gasteiger partial charge >= 0.3 is 0 Å². The number of hydrogen-bond donors (Lipinski definition) is 1. The lowest BCUT2D eigenvalue weighted by molar-refractivity contribution is 0.0547. The highest BCUT2D eigenvalue weighted by Crippen LogP contribution is 2.62. The summed E-state index contributed by atoms with van der Waals surface area (Å²) in [6.45, 7) is 6.89. The van der Waals surface area contributed by atoms with E-state index in [2.05, 4.69) is 13.5 Å². The van der Waals surface area contributed by atoms with Gasteiger partial charge in [-0.2, -0.15) is 0 Å². The lowest BCUT2D eigenvalue weighted by Crippen LogP contribution is -2.42. The van der Waals surface area contributed by atoms with Crippen molar-refractivity contribution < 1.29 is 5.11 Å². The highest BCUT2D eigenvalue weighted by Gasteiger charge is 2.52. The van der Waals surface area contributed by atoms with Crippen LogP contribution in [0.1, 0.15) is 64.7 Å². The molecule has 110 valence electrons. The molecule has 4 rings (SSSR count). The molecule has 1 unspecified atom stereocenters. The van der Waals surface area contributed by atoms with Crippen molar-refractivity contribution in [3.63, 3.8) is 0 Å². The summed E-state index contributed by atoms with van der Waals surface area (Å²) in [5.41, 5.74) is 5.42. The van der Waals surface area contributed by atoms with Crippen molar-refractivity contribution >= 4 is 0 Å². The van der Waals surface area contributed by atoms with E-state index in [9.17, 15) is 5.11 Å². The van der Waals surface area contributed by atoms with Crippen LogP contribution >= 0.6 is 0 Å². The minimum atomic E-state index is -0.0505. The summed E-state index contributed by atoms with van der Waals surface area (Å²) in [6, 6.07) is 0. The Morgan fingerprint density at radius 3 is 2.80 bits per heavy atom. The van der Waals surface area contributed by atoms with Crippen LogP contribution in [0.5, 0.6) is 0 Å². The van der Waals surface area contributed by atoms with E-state index in [4.69, 9.17) is 0 Å². The summed E-state index contributed by atoms with van der Waals surface area (Å²) < 4.78 is 0. The Kier molecular flexibility index (Phi) is 2.93. The highest BCUT2D eigenvalue weighted by atomic mass is 16.3. The van der Waals surface area contributed by atoms with Gasteiger partial charge in [0, 0.05) is 0 Å². The number of aliphatic hydroxyl groups is 1. The van der Waals surface area contributed by atoms with Crippen molar-refractivity contribution in [2.24, 2.45) is 23.2 Å². The molecule has 2 saturated carbocycles. The zero-order valence-electron chi connectivity index (χ0n) is 12.8. The van der Waals surface area contributed by atoms with Gasteiger partial charge in [0.05, 0.1) is 6.10 Å². The second kappa shape index (κ2) is 4.47. The average Bonchev–Trinajstić information content (AvgIpc) is 2.74. The third kappa shape index (κ3) is 1.71. The molecular weight excluding hydrogens is 244 g/mol. The lowest BCUT2D eigenvalue weighted by Gasteiger charge is -2.51. The fourth-order valence-corrected chi connectivity index (χ4v) is 6.10. The molecule has 1 N–H and O–H groups in total. The van der Waals surface area contributed by atoms with Crippen LogP contribution in [-0.4, -0.2) is 11.2 Å². The molecule has 0 bridgehead atoms. The van der Waals surface area contributed by atoms with Gasteiger partial charge in [-0.1, -0.05) is 30.2 Å². The SMILES string of the molecule is C=C1CC[C@H]2[C@@H]3CCC4=C(CCC(O)C4)[C@H]3CC[C@]12C. The maximum Gasteiger partial charge on any atom is 0.0580 e. The Labute approximate surface area is 123 Å². The molecule has 0 aromatic carbocycles. The molecule has 4 aliphatic carbocycles. The molecule has 0 radical (unpaired) electrons. The van der Waals surface area contributed by atoms with Crippen molar-refractivity contribution in [2.45, 2.75) is 70.8 Å². The summed E-state index contributed by atoms with van der Waals surface area (Å²) in [5.74, 6) is 2.67. The molecule has 0 aromatic heterocycles. The number of aliphatic hydroxyl groups excluding tert-OH is 1. The van der Waals surface area contributed by atoms with Gasteiger partial charge < -0.3 is 5.11 Å². The molecule has 0 spiro atoms. The second-order valence-electron chi connectivity index (χ2n) is 8.04. The minimum absolute atomic E-state index is 0.0505. The Morgan fingerprint density at radius 2 is 1.95 bits per heavy atom. The van der Waals surface area contributed by atoms with Crippen LogP contribution in [0.4, 0.5) is 0 Å². The topological polar surface area (TPSA) is 20.2 Å². The fraction of sp³-hybridized carbons (Fsp3) is 0.789. The molecule has 0 heterocycles. The lowest BCUT2D eigenvalue weighted by atomic mass is 9.54. The van der Waals surface area contributed by atoms with Crippen LogP contribution in [0.2, 0.25) is 0 Å². The van der Waals surface area contributed by atoms with Gasteiger partial charge in [0.25, 0.3) is 0 Å². The van der Waals surface area contributed by atoms with Crippen molar-refractivity contribution in [1.29, 1.82) is 0 Å². The minimum Gasteiger partial charge on any atom is -0.393 e. The monoisotopic (exact) mass is 272 g/mol. The number of allylic oxidation sites excluding steroid dienone is 2. The van der Waals surface area contributed by atoms with E-state index in [-0.39, 0.29) is 6.10 Å². The van der Waals surface area contributed by atoms with Gasteiger partial charge in [-0.05, 0) is 81.0 Å². The van der Waals surface area contributed by atoms with E-state index in [0.29, 0.717) is 5.41 Å². The van der Waals surface area contributed by atoms with Gasteiger partial charge in [0.2, 0.25) is 0 Å². The Balaban J connectivity index is 1.65. The molecule has 4 aliphatic rings. The molecule has 2 fully saturated rings. The zero-order valence-corrected chi connectivity index (χ0v) is 12.8. The van der Waals surface area contributed by atoms with Crippen molar-refractivity contribution in [3.05, 3.63) is 23.3 Å². The molecule has 0 aliphatic heterocycles. The molecule has 1 heteroatoms. The largest absolute Gasteiger partial charge is 0.393 e. The molecule has 20 heavy (non-hydrogen) atoms. The van der Waals surface area contributed by atoms with Gasteiger partial charge in [-0.3, -0.25) is 0 Å². The number of hydrogen-bond acceptors (Lipinski definition) is 1. The molecular formula is C19H28O. The van der Waals surface area contributed by atoms with Crippen LogP contribution < -0.4 is 0 Å². The van der Waals surface area contributed by atoms with Crippen molar-refractivity contribution in [2.75, 3.05) is 0 Å². The summed E-state index contributed by atoms with van der Waals surface area (Å²) >= 11 is 0. The van der Waals surface area contributed by atoms with Crippen molar-refractivity contribution in [3.8, 4) is 0 Å². The zero-order chi connectivity index (χ0) is 13.9. The van der Waals surface area contributed by atoms with E-state index in [1.165, 1.54) is 44.9 Å². The van der Waals surface area contributed by atoms with Crippen molar-refractivity contribution in [1.82, 2.24) is 0 Å². The van der Waals surface area contributed by atoms with Crippen LogP contribution in [0.25, 0.3) is 0 Å². The van der Waals surface area contributed by atoms with Gasteiger partial charge in [-0.25, -0.2) is 0 Å². The van der Waals surface area contributed by atoms with E-state index in [1.807, 2.05) is 0 Å². The normalized spacial score (nSPS) is 47.8. The third-order valence-corrected chi connectivity index (χ3v) is 7.30. The Hall–Kier alpha value is -0.560. The molecule has 5 atom stereocenters. The maximum atomic E-state index is 9.92. The predicted molar refractivity (Wildman–Crippen MR) is 82.3 cm³/mol. The summed E-state index contributed by atoms with van der Waals surface area (Å²) in [7, 11) is 0. The fourth-order valence-electron chi connectivity index (χ4n) is 6.10. The molecule has 0 aromatic rings. The smallest absolute Gasteiger partial charge is 0.0580 e. The van der Waals surface area contributed by atoms with E-state index in [1.54, 1.807) is 16.7 Å². The van der Waals surface area contributed by atoms with E-state index >= 15 is 0 Å². The highest BCUT2D eigenvalue weighted by molar-refractivity contribution is 5.29. The summed E-state index contributed by atoms with van der Waals surface area (Å²) in [5, 5.41) is 9.92. The van der Waals surface area contributed by atoms with Crippen LogP contribution in [-0.2, 0) is 0 Å². The van der Waals surface area contributed by atoms with Crippen LogP contribution in [0.3, 0.4) is 0 Å². The van der Waals surface area contributed by atoms with Crippen LogP contribution in [0, 0.1) is 23.2 Å². The average molecular weight is 272 g/mol. The van der Waals surface area contributed by atoms with E-state index < -0.39 is 0 Å². The Bertz CT molecular complexity index is 474. The predicted octanol–water partition coefficient (Wildman–Crippen LogP) is 4.62. The standard InChI is InChI=1S/C19H28O/c1-12-3-8-18-17-6-4-13-11-14(20)5-7-15(13)16(17)9-10-19(12,18)2/h14,16-18,20H,1,3-11H2,2H3/t14?,16-,17-,18+,19-/m1/s1. The Morgan fingerprint density at radius 1 is 1.10 bits per heavy atom. The van der Waals surface area contributed by atoms with Gasteiger partial charge in [0.15, 0.2) is 0 Å². The van der Waals surface area contributed by atoms with Gasteiger partial charge in [0.1, 0.15) is 0 Å². The number of rotatable bonds is 0. The number of fused-ring (bicyclic) bond motifs is 4. The second-order valence-corrected chi connectivity index (χ2v) is 8.04. The maximum absolute atomic E-state index is 9.92. The third-order valence-electron chi connectivity index (χ3n) is 7.30. The van der Waals surface area contributed by atoms with E-state index in [0.717, 1.165) is 30.6 Å². The first kappa shape index (κ1) is 13.1. The quantitative estimate of drug-likeness (QED) is 0.638. The first-order valence-corrected chi connectivity index (χ1v) is 8.66.